The first kappa shape index (κ1) is 17.5. The molecular formula is C22H16BrN5O2. The van der Waals surface area contributed by atoms with E-state index in [0.29, 0.717) is 24.3 Å². The number of nitrogens with zero attached hydrogens (tertiary/aromatic N) is 4. The predicted octanol–water partition coefficient (Wildman–Crippen LogP) is 4.35. The Kier molecular flexibility index (Phi) is 3.82. The Morgan fingerprint density at radius 2 is 2.10 bits per heavy atom. The quantitative estimate of drug-likeness (QED) is 0.396. The zero-order valence-electron chi connectivity index (χ0n) is 15.7. The number of benzene rings is 1. The molecule has 0 saturated carbocycles. The number of para-hydroxylation sites is 1. The number of carbonyl (C=O) groups excluding carboxylic acids is 1. The molecule has 0 saturated heterocycles. The molecular weight excluding hydrogens is 446 g/mol. The topological polar surface area (TPSA) is 79.4 Å². The highest BCUT2D eigenvalue weighted by Crippen LogP contribution is 2.37. The first-order valence-corrected chi connectivity index (χ1v) is 10.4. The summed E-state index contributed by atoms with van der Waals surface area (Å²) in [4.78, 5) is 23.3. The van der Waals surface area contributed by atoms with E-state index in [4.69, 9.17) is 4.42 Å². The summed E-state index contributed by atoms with van der Waals surface area (Å²) in [5, 5.41) is 5.38. The van der Waals surface area contributed by atoms with Gasteiger partial charge in [-0.3, -0.25) is 4.79 Å². The zero-order chi connectivity index (χ0) is 20.2. The maximum absolute atomic E-state index is 13.7. The van der Waals surface area contributed by atoms with Crippen molar-refractivity contribution in [3.05, 3.63) is 88.4 Å². The normalized spacial score (nSPS) is 16.3. The van der Waals surface area contributed by atoms with Crippen molar-refractivity contribution in [1.82, 2.24) is 24.5 Å². The van der Waals surface area contributed by atoms with E-state index in [1.807, 2.05) is 53.4 Å². The Hall–Kier alpha value is -3.39. The van der Waals surface area contributed by atoms with Crippen LogP contribution in [-0.4, -0.2) is 36.9 Å². The number of amides is 1. The lowest BCUT2D eigenvalue weighted by molar-refractivity contribution is 0.0675. The second-order valence-corrected chi connectivity index (χ2v) is 8.12. The summed E-state index contributed by atoms with van der Waals surface area (Å²) in [5.74, 6) is 0.609. The number of nitrogens with one attached hydrogen (secondary N) is 1. The fourth-order valence-corrected chi connectivity index (χ4v) is 4.65. The molecule has 0 bridgehead atoms. The standard InChI is InChI=1S/C22H16BrN5O2/c23-19-7-3-5-16-14(11-26-28(16)19)22(29)27-9-8-15-20(25-12-24-15)21(27)18-10-13-4-1-2-6-17(13)30-18/h1-7,10-12,21H,8-9H2,(H,24,25)/t21-/m1/s1. The molecule has 0 radical (unpaired) electrons. The van der Waals surface area contributed by atoms with Crippen LogP contribution in [0.4, 0.5) is 0 Å². The predicted molar refractivity (Wildman–Crippen MR) is 114 cm³/mol. The average molecular weight is 462 g/mol. The van der Waals surface area contributed by atoms with Gasteiger partial charge in [-0.2, -0.15) is 5.10 Å². The van der Waals surface area contributed by atoms with E-state index in [9.17, 15) is 4.79 Å². The Balaban J connectivity index is 1.49. The van der Waals surface area contributed by atoms with Gasteiger partial charge in [0.15, 0.2) is 0 Å². The molecule has 30 heavy (non-hydrogen) atoms. The van der Waals surface area contributed by atoms with Crippen LogP contribution in [0, 0.1) is 0 Å². The summed E-state index contributed by atoms with van der Waals surface area (Å²) >= 11 is 3.49. The number of hydrogen-bond donors (Lipinski definition) is 1. The molecule has 1 N–H and O–H groups in total. The number of H-pyrrole nitrogens is 1. The number of aromatic nitrogens is 4. The summed E-state index contributed by atoms with van der Waals surface area (Å²) in [7, 11) is 0. The van der Waals surface area contributed by atoms with Gasteiger partial charge in [0.05, 0.1) is 29.3 Å². The van der Waals surface area contributed by atoms with Gasteiger partial charge in [-0.05, 0) is 40.2 Å². The largest absolute Gasteiger partial charge is 0.458 e. The number of fused-ring (bicyclic) bond motifs is 3. The number of hydrogen-bond acceptors (Lipinski definition) is 4. The number of rotatable bonds is 2. The summed E-state index contributed by atoms with van der Waals surface area (Å²) in [6, 6.07) is 15.1. The molecule has 6 rings (SSSR count). The van der Waals surface area contributed by atoms with E-state index in [1.165, 1.54) is 0 Å². The second-order valence-electron chi connectivity index (χ2n) is 7.31. The van der Waals surface area contributed by atoms with E-state index in [2.05, 4.69) is 31.0 Å². The molecule has 148 valence electrons. The van der Waals surface area contributed by atoms with Gasteiger partial charge >= 0.3 is 0 Å². The van der Waals surface area contributed by atoms with Crippen molar-refractivity contribution in [2.45, 2.75) is 12.5 Å². The lowest BCUT2D eigenvalue weighted by atomic mass is 9.99. The highest BCUT2D eigenvalue weighted by Gasteiger charge is 2.37. The van der Waals surface area contributed by atoms with Crippen LogP contribution >= 0.6 is 15.9 Å². The third kappa shape index (κ3) is 2.53. The minimum absolute atomic E-state index is 0.0952. The molecule has 0 fully saturated rings. The first-order valence-electron chi connectivity index (χ1n) is 9.64. The maximum atomic E-state index is 13.7. The molecule has 1 aliphatic heterocycles. The minimum Gasteiger partial charge on any atom is -0.458 e. The highest BCUT2D eigenvalue weighted by molar-refractivity contribution is 9.10. The number of halogens is 1. The molecule has 1 atom stereocenters. The monoisotopic (exact) mass is 461 g/mol. The van der Waals surface area contributed by atoms with Crippen molar-refractivity contribution in [1.29, 1.82) is 0 Å². The number of imidazole rings is 1. The van der Waals surface area contributed by atoms with E-state index >= 15 is 0 Å². The van der Waals surface area contributed by atoms with E-state index < -0.39 is 6.04 Å². The minimum atomic E-state index is -0.401. The Labute approximate surface area is 179 Å². The molecule has 7 nitrogen and oxygen atoms in total. The average Bonchev–Trinajstić information content (AvgIpc) is 3.49. The third-order valence-corrected chi connectivity index (χ3v) is 6.23. The molecule has 5 aromatic rings. The number of carbonyl (C=O) groups is 1. The first-order chi connectivity index (χ1) is 14.7. The van der Waals surface area contributed by atoms with E-state index in [-0.39, 0.29) is 5.91 Å². The van der Waals surface area contributed by atoms with Gasteiger partial charge in [0.25, 0.3) is 5.91 Å². The molecule has 0 aliphatic carbocycles. The SMILES string of the molecule is O=C(c1cnn2c(Br)cccc12)N1CCc2[nH]cnc2[C@H]1c1cc2ccccc2o1. The van der Waals surface area contributed by atoms with E-state index in [0.717, 1.165) is 32.5 Å². The Morgan fingerprint density at radius 1 is 1.20 bits per heavy atom. The summed E-state index contributed by atoms with van der Waals surface area (Å²) in [6.07, 6.45) is 4.01. The molecule has 8 heteroatoms. The van der Waals surface area contributed by atoms with Crippen molar-refractivity contribution < 1.29 is 9.21 Å². The van der Waals surface area contributed by atoms with Gasteiger partial charge in [-0.25, -0.2) is 9.50 Å². The maximum Gasteiger partial charge on any atom is 0.258 e. The molecule has 1 aromatic carbocycles. The fraction of sp³-hybridized carbons (Fsp3) is 0.136. The summed E-state index contributed by atoms with van der Waals surface area (Å²) in [6.45, 7) is 0.557. The van der Waals surface area contributed by atoms with Crippen LogP contribution in [0.2, 0.25) is 0 Å². The van der Waals surface area contributed by atoms with Crippen molar-refractivity contribution >= 4 is 38.3 Å². The molecule has 0 unspecified atom stereocenters. The lowest BCUT2D eigenvalue weighted by Crippen LogP contribution is -2.40. The van der Waals surface area contributed by atoms with Gasteiger partial charge in [0.2, 0.25) is 0 Å². The molecule has 4 aromatic heterocycles. The van der Waals surface area contributed by atoms with Crippen LogP contribution in [0.15, 0.2) is 70.1 Å². The van der Waals surface area contributed by atoms with Crippen LogP contribution in [0.25, 0.3) is 16.5 Å². The highest BCUT2D eigenvalue weighted by atomic mass is 79.9. The Morgan fingerprint density at radius 3 is 3.00 bits per heavy atom. The summed E-state index contributed by atoms with van der Waals surface area (Å²) in [5.41, 5.74) is 3.96. The lowest BCUT2D eigenvalue weighted by Gasteiger charge is -2.33. The molecule has 0 spiro atoms. The van der Waals surface area contributed by atoms with Crippen molar-refractivity contribution in [3.63, 3.8) is 0 Å². The van der Waals surface area contributed by atoms with Crippen LogP contribution in [0.3, 0.4) is 0 Å². The molecule has 1 amide bonds. The third-order valence-electron chi connectivity index (χ3n) is 5.63. The van der Waals surface area contributed by atoms with Gasteiger partial charge in [0, 0.05) is 24.0 Å². The zero-order valence-corrected chi connectivity index (χ0v) is 17.3. The van der Waals surface area contributed by atoms with Crippen molar-refractivity contribution in [2.24, 2.45) is 0 Å². The van der Waals surface area contributed by atoms with Crippen LogP contribution in [-0.2, 0) is 6.42 Å². The molecule has 1 aliphatic rings. The van der Waals surface area contributed by atoms with Crippen molar-refractivity contribution in [2.75, 3.05) is 6.54 Å². The van der Waals surface area contributed by atoms with Gasteiger partial charge in [0.1, 0.15) is 22.0 Å². The van der Waals surface area contributed by atoms with E-state index in [1.54, 1.807) is 17.0 Å². The number of pyridine rings is 1. The second kappa shape index (κ2) is 6.56. The van der Waals surface area contributed by atoms with Gasteiger partial charge in [-0.15, -0.1) is 0 Å². The van der Waals surface area contributed by atoms with Gasteiger partial charge < -0.3 is 14.3 Å². The smallest absolute Gasteiger partial charge is 0.258 e. The Bertz CT molecular complexity index is 1380. The van der Waals surface area contributed by atoms with Crippen LogP contribution in [0.1, 0.15) is 33.5 Å². The van der Waals surface area contributed by atoms with Crippen LogP contribution in [0.5, 0.6) is 0 Å². The van der Waals surface area contributed by atoms with Gasteiger partial charge in [-0.1, -0.05) is 24.3 Å². The number of aromatic amines is 1. The fourth-order valence-electron chi connectivity index (χ4n) is 4.22. The summed E-state index contributed by atoms with van der Waals surface area (Å²) < 4.78 is 8.67. The van der Waals surface area contributed by atoms with Crippen molar-refractivity contribution in [3.8, 4) is 0 Å². The molecule has 5 heterocycles. The van der Waals surface area contributed by atoms with Crippen LogP contribution < -0.4 is 0 Å². The number of furan rings is 1.